The molecule has 0 bridgehead atoms. The summed E-state index contributed by atoms with van der Waals surface area (Å²) in [7, 11) is -6.48. The molecule has 4 aliphatic heterocycles. The largest absolute Gasteiger partial charge is 0.497 e. The highest BCUT2D eigenvalue weighted by molar-refractivity contribution is 7.93. The number of hydrogen-bond donors (Lipinski definition) is 2. The van der Waals surface area contributed by atoms with E-state index in [-0.39, 0.29) is 50.6 Å². The van der Waals surface area contributed by atoms with E-state index in [1.807, 2.05) is 24.3 Å². The second kappa shape index (κ2) is 15.2. The predicted octanol–water partition coefficient (Wildman–Crippen LogP) is 2.73. The molecule has 2 aliphatic carbocycles. The number of allylic oxidation sites excluding steroid dienone is 1. The molecule has 2 N–H and O–H groups in total. The Morgan fingerprint density at radius 1 is 0.965 bits per heavy atom. The molecule has 57 heavy (non-hydrogen) atoms. The number of sulfonamides is 1. The van der Waals surface area contributed by atoms with Crippen molar-refractivity contribution in [2.75, 3.05) is 26.2 Å². The number of amides is 3. The molecule has 0 spiro atoms. The summed E-state index contributed by atoms with van der Waals surface area (Å²) < 4.78 is 77.9. The van der Waals surface area contributed by atoms with Crippen LogP contribution in [-0.2, 0) is 52.1 Å². The summed E-state index contributed by atoms with van der Waals surface area (Å²) in [5.41, 5.74) is 0.246. The Morgan fingerprint density at radius 2 is 1.67 bits per heavy atom. The van der Waals surface area contributed by atoms with Gasteiger partial charge in [0.15, 0.2) is 27.1 Å². The molecule has 0 aromatic heterocycles. The number of benzene rings is 2. The van der Waals surface area contributed by atoms with Crippen LogP contribution in [0, 0.1) is 5.92 Å². The van der Waals surface area contributed by atoms with Gasteiger partial charge in [-0.1, -0.05) is 25.0 Å². The number of carbonyl (C=O) groups is 4. The monoisotopic (exact) mass is 826 g/mol. The molecule has 3 amide bonds. The molecule has 18 heteroatoms. The molecular weight excluding hydrogens is 781 g/mol. The minimum atomic E-state index is -4.24. The molecular formula is C39H46N4O12S2. The van der Waals surface area contributed by atoms with Gasteiger partial charge in [-0.05, 0) is 86.1 Å². The average molecular weight is 827 g/mol. The molecule has 2 saturated carbocycles. The number of rotatable bonds is 9. The Balaban J connectivity index is 1.06. The van der Waals surface area contributed by atoms with E-state index in [1.165, 1.54) is 41.2 Å². The zero-order valence-corrected chi connectivity index (χ0v) is 33.1. The van der Waals surface area contributed by atoms with E-state index in [1.54, 1.807) is 0 Å². The zero-order valence-electron chi connectivity index (χ0n) is 31.5. The van der Waals surface area contributed by atoms with E-state index >= 15 is 0 Å². The second-order valence-corrected chi connectivity index (χ2v) is 19.7. The molecule has 306 valence electrons. The van der Waals surface area contributed by atoms with Crippen LogP contribution in [0.3, 0.4) is 0 Å². The van der Waals surface area contributed by atoms with Crippen molar-refractivity contribution < 1.29 is 55.0 Å². The van der Waals surface area contributed by atoms with Crippen molar-refractivity contribution in [1.82, 2.24) is 19.8 Å². The third-order valence-electron chi connectivity index (χ3n) is 11.7. The number of methoxy groups -OCH3 is 1. The van der Waals surface area contributed by atoms with E-state index in [0.717, 1.165) is 11.1 Å². The summed E-state index contributed by atoms with van der Waals surface area (Å²) in [5, 5.41) is 2.29. The van der Waals surface area contributed by atoms with Gasteiger partial charge in [-0.25, -0.2) is 21.6 Å². The molecule has 1 saturated heterocycles. The number of Topliss-reactive ketones (excluding diaryl/α,β-unsaturated/α-hetero) is 1. The summed E-state index contributed by atoms with van der Waals surface area (Å²) in [4.78, 5) is 59.0. The van der Waals surface area contributed by atoms with Crippen molar-refractivity contribution in [2.45, 2.75) is 105 Å². The van der Waals surface area contributed by atoms with Crippen molar-refractivity contribution >= 4 is 43.6 Å². The summed E-state index contributed by atoms with van der Waals surface area (Å²) in [6.45, 7) is 0.372. The molecule has 5 atom stereocenters. The lowest BCUT2D eigenvalue weighted by Crippen LogP contribution is -2.56. The molecule has 8 rings (SSSR count). The van der Waals surface area contributed by atoms with Gasteiger partial charge in [0.25, 0.3) is 0 Å². The minimum absolute atomic E-state index is 0.0870. The van der Waals surface area contributed by atoms with Crippen molar-refractivity contribution in [2.24, 2.45) is 5.92 Å². The molecule has 0 radical (unpaired) electrons. The minimum Gasteiger partial charge on any atom is -0.497 e. The molecule has 4 heterocycles. The zero-order chi connectivity index (χ0) is 40.1. The highest BCUT2D eigenvalue weighted by atomic mass is 32.2. The van der Waals surface area contributed by atoms with Gasteiger partial charge in [0.1, 0.15) is 35.2 Å². The fourth-order valence-electron chi connectivity index (χ4n) is 8.21. The lowest BCUT2D eigenvalue weighted by Gasteiger charge is -2.30. The van der Waals surface area contributed by atoms with Gasteiger partial charge < -0.3 is 29.2 Å². The third kappa shape index (κ3) is 8.08. The first-order chi connectivity index (χ1) is 27.3. The number of fused-ring (bicyclic) bond motifs is 4. The molecule has 6 aliphatic rings. The predicted molar refractivity (Wildman–Crippen MR) is 202 cm³/mol. The van der Waals surface area contributed by atoms with Crippen molar-refractivity contribution in [3.05, 3.63) is 59.7 Å². The molecule has 2 aromatic carbocycles. The first kappa shape index (κ1) is 39.2. The van der Waals surface area contributed by atoms with Crippen LogP contribution in [-0.4, -0.2) is 106 Å². The lowest BCUT2D eigenvalue weighted by atomic mass is 10.1. The Morgan fingerprint density at radius 3 is 2.33 bits per heavy atom. The van der Waals surface area contributed by atoms with Crippen LogP contribution in [0.5, 0.6) is 17.2 Å². The number of nitrogens with one attached hydrogen (secondary N) is 2. The van der Waals surface area contributed by atoms with Crippen LogP contribution in [0.2, 0.25) is 0 Å². The Kier molecular flexibility index (Phi) is 10.5. The maximum atomic E-state index is 14.6. The van der Waals surface area contributed by atoms with Gasteiger partial charge in [-0.15, -0.1) is 0 Å². The Labute approximate surface area is 331 Å². The van der Waals surface area contributed by atoms with Crippen LogP contribution >= 0.6 is 0 Å². The van der Waals surface area contributed by atoms with Crippen LogP contribution in [0.25, 0.3) is 0 Å². The van der Waals surface area contributed by atoms with Crippen molar-refractivity contribution in [3.63, 3.8) is 0 Å². The summed E-state index contributed by atoms with van der Waals surface area (Å²) in [6, 6.07) is 6.80. The molecule has 16 nitrogen and oxygen atoms in total. The van der Waals surface area contributed by atoms with Gasteiger partial charge in [0, 0.05) is 25.4 Å². The van der Waals surface area contributed by atoms with Gasteiger partial charge in [-0.2, -0.15) is 4.72 Å². The fourth-order valence-corrected chi connectivity index (χ4v) is 11.2. The normalized spacial score (nSPS) is 27.9. The average Bonchev–Trinajstić information content (AvgIpc) is 4.00. The number of ketones is 1. The smallest absolute Gasteiger partial charge is 0.410 e. The summed E-state index contributed by atoms with van der Waals surface area (Å²) >= 11 is 0. The van der Waals surface area contributed by atoms with E-state index in [2.05, 4.69) is 10.0 Å². The van der Waals surface area contributed by atoms with E-state index in [0.29, 0.717) is 55.8 Å². The molecule has 3 fully saturated rings. The first-order valence-corrected chi connectivity index (χ1v) is 22.5. The highest BCUT2D eigenvalue weighted by Crippen LogP contribution is 2.47. The van der Waals surface area contributed by atoms with Crippen LogP contribution in [0.4, 0.5) is 4.79 Å². The van der Waals surface area contributed by atoms with Gasteiger partial charge >= 0.3 is 6.09 Å². The van der Waals surface area contributed by atoms with Crippen molar-refractivity contribution in [1.29, 1.82) is 0 Å². The van der Waals surface area contributed by atoms with E-state index in [9.17, 15) is 36.0 Å². The summed E-state index contributed by atoms with van der Waals surface area (Å²) in [5.74, 6) is -1.54. The number of ether oxygens (including phenoxy) is 4. The lowest BCUT2D eigenvalue weighted by molar-refractivity contribution is -0.140. The van der Waals surface area contributed by atoms with E-state index in [4.69, 9.17) is 18.9 Å². The first-order valence-electron chi connectivity index (χ1n) is 19.3. The number of carbonyl (C=O) groups excluding carboxylic acids is 4. The van der Waals surface area contributed by atoms with Crippen LogP contribution in [0.15, 0.2) is 53.4 Å². The second-order valence-electron chi connectivity index (χ2n) is 15.7. The SMILES string of the molecule is COc1ccc(S(=O)(=O)N[C@H]2CCCCC/C=C\[C@@H]3C[C@@]3(C(=O)CS(=O)(=O)C3CC3)NC(=O)[C@@H]3C[C@@H](OC(=O)N4Cc5cc6c(cc5C4)OCO6)CN3C2=O)cc1. The maximum absolute atomic E-state index is 14.6. The maximum Gasteiger partial charge on any atom is 0.410 e. The topological polar surface area (TPSA) is 204 Å². The van der Waals surface area contributed by atoms with Gasteiger partial charge in [0.2, 0.25) is 28.6 Å². The van der Waals surface area contributed by atoms with Crippen LogP contribution in [0.1, 0.15) is 68.9 Å². The van der Waals surface area contributed by atoms with Crippen LogP contribution < -0.4 is 24.2 Å². The summed E-state index contributed by atoms with van der Waals surface area (Å²) in [6.07, 6.45) is 5.80. The fraction of sp³-hybridized carbons (Fsp3) is 0.538. The number of nitrogens with zero attached hydrogens (tertiary/aromatic N) is 2. The van der Waals surface area contributed by atoms with Crippen molar-refractivity contribution in [3.8, 4) is 17.2 Å². The quantitative estimate of drug-likeness (QED) is 0.351. The third-order valence-corrected chi connectivity index (χ3v) is 15.4. The Hall–Kier alpha value is -4.68. The number of sulfone groups is 1. The van der Waals surface area contributed by atoms with Gasteiger partial charge in [-0.3, -0.25) is 19.3 Å². The Bertz CT molecular complexity index is 2180. The van der Waals surface area contributed by atoms with Gasteiger partial charge in [0.05, 0.1) is 23.8 Å². The standard InChI is InChI=1S/C39H46N4O12S2/c1-52-27-9-11-30(12-10-27)57(50,51)41-31-8-6-4-2-3-5-7-26-18-39(26,35(44)22-56(48,49)29-13-14-29)40-36(45)32-17-28(21-43(32)37(31)46)55-38(47)42-19-24-15-33-34(54-23-53-33)16-25(24)20-42/h5,7,9-12,15-16,26,28-29,31-32,41H,2-4,6,8,13-14,17-23H2,1H3,(H,40,45)/b7-5-/t26-,28-,31+,32+,39-/m1/s1. The number of hydrogen-bond acceptors (Lipinski definition) is 12. The molecule has 2 aromatic rings. The highest BCUT2D eigenvalue weighted by Gasteiger charge is 2.61. The molecule has 0 unspecified atom stereocenters. The van der Waals surface area contributed by atoms with E-state index < -0.39 is 84.2 Å².